The van der Waals surface area contributed by atoms with Gasteiger partial charge in [-0.2, -0.15) is 0 Å². The van der Waals surface area contributed by atoms with E-state index in [9.17, 15) is 19.2 Å². The molecule has 0 radical (unpaired) electrons. The van der Waals surface area contributed by atoms with Crippen LogP contribution >= 0.6 is 0 Å². The molecule has 1 aliphatic heterocycles. The van der Waals surface area contributed by atoms with Crippen molar-refractivity contribution in [3.63, 3.8) is 0 Å². The smallest absolute Gasteiger partial charge is 0.303 e. The highest BCUT2D eigenvalue weighted by Crippen LogP contribution is 2.37. The Hall–Kier alpha value is -2.96. The summed E-state index contributed by atoms with van der Waals surface area (Å²) >= 11 is 0. The predicted molar refractivity (Wildman–Crippen MR) is 83.8 cm³/mol. The first-order chi connectivity index (χ1) is 11.8. The van der Waals surface area contributed by atoms with E-state index in [1.54, 1.807) is 19.1 Å². The first kappa shape index (κ1) is 16.9. The highest BCUT2D eigenvalue weighted by atomic mass is 16.6. The lowest BCUT2D eigenvalue weighted by Gasteiger charge is -2.38. The van der Waals surface area contributed by atoms with Crippen molar-refractivity contribution in [2.45, 2.75) is 39.1 Å². The third-order valence-corrected chi connectivity index (χ3v) is 4.06. The van der Waals surface area contributed by atoms with Crippen molar-refractivity contribution in [1.82, 2.24) is 0 Å². The molecule has 0 saturated heterocycles. The number of ketones is 2. The van der Waals surface area contributed by atoms with Gasteiger partial charge in [0.15, 0.2) is 23.8 Å². The molecule has 1 aliphatic carbocycles. The number of hydrogen-bond donors (Lipinski definition) is 0. The Bertz CT molecular complexity index is 820. The van der Waals surface area contributed by atoms with Crippen molar-refractivity contribution in [1.29, 1.82) is 0 Å². The highest BCUT2D eigenvalue weighted by molar-refractivity contribution is 6.26. The maximum Gasteiger partial charge on any atom is 0.303 e. The summed E-state index contributed by atoms with van der Waals surface area (Å²) in [5.74, 6) is -2.39. The summed E-state index contributed by atoms with van der Waals surface area (Å²) in [5, 5.41) is 0. The van der Waals surface area contributed by atoms with Gasteiger partial charge in [-0.1, -0.05) is 24.3 Å². The van der Waals surface area contributed by atoms with Gasteiger partial charge in [-0.3, -0.25) is 19.2 Å². The van der Waals surface area contributed by atoms with Gasteiger partial charge < -0.3 is 14.2 Å². The molecule has 3 rings (SSSR count). The van der Waals surface area contributed by atoms with Crippen LogP contribution < -0.4 is 0 Å². The Labute approximate surface area is 143 Å². The van der Waals surface area contributed by atoms with Crippen LogP contribution in [-0.2, 0) is 23.8 Å². The molecule has 0 bridgehead atoms. The lowest BCUT2D eigenvalue weighted by Crippen LogP contribution is -2.51. The van der Waals surface area contributed by atoms with Gasteiger partial charge in [-0.15, -0.1) is 0 Å². The molecule has 25 heavy (non-hydrogen) atoms. The number of rotatable bonds is 2. The molecule has 130 valence electrons. The van der Waals surface area contributed by atoms with Crippen molar-refractivity contribution in [2.75, 3.05) is 0 Å². The molecule has 1 aromatic carbocycles. The number of allylic oxidation sites excluding steroid dienone is 1. The molecule has 0 N–H and O–H groups in total. The molecule has 0 fully saturated rings. The van der Waals surface area contributed by atoms with E-state index >= 15 is 0 Å². The number of benzene rings is 1. The summed E-state index contributed by atoms with van der Waals surface area (Å²) in [7, 11) is 0. The topological polar surface area (TPSA) is 96.0 Å². The molecule has 1 heterocycles. The van der Waals surface area contributed by atoms with Crippen LogP contribution in [0.3, 0.4) is 0 Å². The third-order valence-electron chi connectivity index (χ3n) is 4.06. The Kier molecular flexibility index (Phi) is 4.16. The maximum atomic E-state index is 12.9. The van der Waals surface area contributed by atoms with E-state index < -0.39 is 41.8 Å². The second-order valence-corrected chi connectivity index (χ2v) is 5.87. The molecule has 7 heteroatoms. The van der Waals surface area contributed by atoms with Crippen LogP contribution in [0.25, 0.3) is 0 Å². The van der Waals surface area contributed by atoms with E-state index in [-0.39, 0.29) is 22.5 Å². The summed E-state index contributed by atoms with van der Waals surface area (Å²) in [5.41, 5.74) is 0.331. The molecule has 3 atom stereocenters. The number of carbonyl (C=O) groups excluding carboxylic acids is 4. The van der Waals surface area contributed by atoms with Gasteiger partial charge in [0.25, 0.3) is 0 Å². The van der Waals surface area contributed by atoms with Crippen LogP contribution in [0.1, 0.15) is 41.5 Å². The molecule has 7 nitrogen and oxygen atoms in total. The molecule has 2 aliphatic rings. The summed E-state index contributed by atoms with van der Waals surface area (Å²) in [6.45, 7) is 3.95. The van der Waals surface area contributed by atoms with E-state index in [0.717, 1.165) is 0 Å². The fraction of sp³-hybridized carbons (Fsp3) is 0.333. The average Bonchev–Trinajstić information content (AvgIpc) is 2.55. The fourth-order valence-electron chi connectivity index (χ4n) is 3.06. The number of esters is 2. The van der Waals surface area contributed by atoms with Crippen molar-refractivity contribution < 1.29 is 33.4 Å². The van der Waals surface area contributed by atoms with Gasteiger partial charge in [0.05, 0.1) is 5.57 Å². The normalized spacial score (nSPS) is 24.8. The average molecular weight is 344 g/mol. The molecule has 1 aromatic rings. The molecular weight excluding hydrogens is 328 g/mol. The molecule has 0 saturated carbocycles. The van der Waals surface area contributed by atoms with Crippen molar-refractivity contribution in [2.24, 2.45) is 0 Å². The molecule has 3 unspecified atom stereocenters. The van der Waals surface area contributed by atoms with Crippen LogP contribution in [0.5, 0.6) is 0 Å². The molecule has 0 spiro atoms. The third kappa shape index (κ3) is 2.82. The number of Topliss-reactive ketones (excluding diaryl/α,β-unsaturated/α-hetero) is 2. The number of ether oxygens (including phenoxy) is 3. The van der Waals surface area contributed by atoms with Crippen LogP contribution in [-0.4, -0.2) is 41.8 Å². The zero-order chi connectivity index (χ0) is 18.3. The molecule has 0 aromatic heterocycles. The summed E-state index contributed by atoms with van der Waals surface area (Å²) in [4.78, 5) is 48.6. The Morgan fingerprint density at radius 2 is 1.52 bits per heavy atom. The molecule has 0 amide bonds. The van der Waals surface area contributed by atoms with Gasteiger partial charge in [-0.05, 0) is 6.92 Å². The van der Waals surface area contributed by atoms with Gasteiger partial charge in [0.1, 0.15) is 6.10 Å². The summed E-state index contributed by atoms with van der Waals surface area (Å²) in [6, 6.07) is 6.33. The number of fused-ring (bicyclic) bond motifs is 1. The van der Waals surface area contributed by atoms with E-state index in [4.69, 9.17) is 14.2 Å². The minimum atomic E-state index is -1.20. The van der Waals surface area contributed by atoms with E-state index in [1.165, 1.54) is 26.0 Å². The van der Waals surface area contributed by atoms with Gasteiger partial charge in [-0.25, -0.2) is 0 Å². The van der Waals surface area contributed by atoms with Crippen LogP contribution in [0, 0.1) is 0 Å². The van der Waals surface area contributed by atoms with E-state index in [0.29, 0.717) is 0 Å². The minimum Gasteiger partial charge on any atom is -0.482 e. The summed E-state index contributed by atoms with van der Waals surface area (Å²) in [6.07, 6.45) is -3.00. The van der Waals surface area contributed by atoms with Crippen LogP contribution in [0.2, 0.25) is 0 Å². The van der Waals surface area contributed by atoms with Crippen molar-refractivity contribution >= 4 is 23.5 Å². The van der Waals surface area contributed by atoms with E-state index in [2.05, 4.69) is 0 Å². The first-order valence-electron chi connectivity index (χ1n) is 7.75. The zero-order valence-electron chi connectivity index (χ0n) is 13.9. The first-order valence-corrected chi connectivity index (χ1v) is 7.75. The second-order valence-electron chi connectivity index (χ2n) is 5.87. The van der Waals surface area contributed by atoms with Gasteiger partial charge in [0.2, 0.25) is 5.78 Å². The lowest BCUT2D eigenvalue weighted by atomic mass is 9.82. The maximum absolute atomic E-state index is 12.9. The lowest BCUT2D eigenvalue weighted by molar-refractivity contribution is -0.174. The van der Waals surface area contributed by atoms with Crippen molar-refractivity contribution in [3.05, 3.63) is 46.7 Å². The fourth-order valence-corrected chi connectivity index (χ4v) is 3.06. The SMILES string of the molecule is CC(=O)OC1C2=C(OC(C)C1OC(C)=O)C(=O)c1ccccc1C2=O. The van der Waals surface area contributed by atoms with Gasteiger partial charge in [0, 0.05) is 25.0 Å². The van der Waals surface area contributed by atoms with Crippen LogP contribution in [0.15, 0.2) is 35.6 Å². The Morgan fingerprint density at radius 1 is 0.960 bits per heavy atom. The highest BCUT2D eigenvalue weighted by Gasteiger charge is 2.49. The zero-order valence-corrected chi connectivity index (χ0v) is 13.9. The minimum absolute atomic E-state index is 0.0942. The van der Waals surface area contributed by atoms with E-state index in [1.807, 2.05) is 0 Å². The monoisotopic (exact) mass is 344 g/mol. The standard InChI is InChI=1S/C18H16O7/c1-8-16(24-9(2)19)18(25-10(3)20)13-14(21)11-6-4-5-7-12(11)15(22)17(13)23-8/h4-8,16,18H,1-3H3. The Morgan fingerprint density at radius 3 is 2.08 bits per heavy atom. The van der Waals surface area contributed by atoms with Crippen LogP contribution in [0.4, 0.5) is 0 Å². The van der Waals surface area contributed by atoms with Crippen molar-refractivity contribution in [3.8, 4) is 0 Å². The number of carbonyl (C=O) groups is 4. The van der Waals surface area contributed by atoms with Gasteiger partial charge >= 0.3 is 11.9 Å². The predicted octanol–water partition coefficient (Wildman–Crippen LogP) is 1.60. The second kappa shape index (κ2) is 6.16. The summed E-state index contributed by atoms with van der Waals surface area (Å²) < 4.78 is 16.0. The number of hydrogen-bond acceptors (Lipinski definition) is 7. The Balaban J connectivity index is 2.15. The quantitative estimate of drug-likeness (QED) is 0.752. The largest absolute Gasteiger partial charge is 0.482 e. The molecular formula is C18H16O7.